The number of rotatable bonds is 2. The van der Waals surface area contributed by atoms with Gasteiger partial charge in [0.1, 0.15) is 5.82 Å². The molecule has 1 fully saturated rings. The van der Waals surface area contributed by atoms with E-state index in [4.69, 9.17) is 5.73 Å². The van der Waals surface area contributed by atoms with Gasteiger partial charge in [-0.3, -0.25) is 9.89 Å². The zero-order chi connectivity index (χ0) is 7.84. The van der Waals surface area contributed by atoms with Crippen LogP contribution in [0.1, 0.15) is 23.2 Å². The van der Waals surface area contributed by atoms with Gasteiger partial charge in [0.05, 0.1) is 11.8 Å². The molecule has 1 aromatic heterocycles. The van der Waals surface area contributed by atoms with Gasteiger partial charge in [-0.15, -0.1) is 0 Å². The van der Waals surface area contributed by atoms with Gasteiger partial charge < -0.3 is 5.73 Å². The molecule has 0 aliphatic heterocycles. The first-order valence-electron chi connectivity index (χ1n) is 3.62. The van der Waals surface area contributed by atoms with E-state index in [-0.39, 0.29) is 11.7 Å². The molecule has 3 N–H and O–H groups in total. The van der Waals surface area contributed by atoms with E-state index in [1.54, 1.807) is 0 Å². The van der Waals surface area contributed by atoms with Gasteiger partial charge in [-0.2, -0.15) is 5.10 Å². The number of aromatic amines is 1. The van der Waals surface area contributed by atoms with Crippen LogP contribution in [0.3, 0.4) is 0 Å². The third-order valence-electron chi connectivity index (χ3n) is 1.88. The lowest BCUT2D eigenvalue weighted by molar-refractivity contribution is 0.0968. The lowest BCUT2D eigenvalue weighted by Crippen LogP contribution is -2.03. The fourth-order valence-electron chi connectivity index (χ4n) is 1.06. The number of nitrogens with zero attached hydrogens (tertiary/aromatic N) is 1. The maximum absolute atomic E-state index is 11.3. The Kier molecular flexibility index (Phi) is 1.21. The maximum Gasteiger partial charge on any atom is 0.171 e. The van der Waals surface area contributed by atoms with Gasteiger partial charge in [-0.1, -0.05) is 0 Å². The average Bonchev–Trinajstić information content (AvgIpc) is 2.74. The second-order valence-corrected chi connectivity index (χ2v) is 2.84. The van der Waals surface area contributed by atoms with E-state index in [1.807, 2.05) is 0 Å². The molecule has 2 rings (SSSR count). The number of nitrogens with one attached hydrogen (secondary N) is 1. The van der Waals surface area contributed by atoms with E-state index in [0.29, 0.717) is 11.4 Å². The van der Waals surface area contributed by atoms with Crippen LogP contribution >= 0.6 is 0 Å². The normalized spacial score (nSPS) is 16.7. The first-order chi connectivity index (χ1) is 5.29. The highest BCUT2D eigenvalue weighted by atomic mass is 16.1. The number of carbonyl (C=O) groups is 1. The third-order valence-corrected chi connectivity index (χ3v) is 1.88. The number of H-pyrrole nitrogens is 1. The average molecular weight is 151 g/mol. The fourth-order valence-corrected chi connectivity index (χ4v) is 1.06. The second kappa shape index (κ2) is 2.08. The lowest BCUT2D eigenvalue weighted by Gasteiger charge is -1.92. The molecular formula is C7H9N3O. The summed E-state index contributed by atoms with van der Waals surface area (Å²) in [4.78, 5) is 11.3. The minimum Gasteiger partial charge on any atom is -0.383 e. The number of anilines is 1. The van der Waals surface area contributed by atoms with Crippen LogP contribution in [0, 0.1) is 5.92 Å². The molecule has 0 amide bonds. The Morgan fingerprint density at radius 3 is 2.91 bits per heavy atom. The number of Topliss-reactive ketones (excluding diaryl/α,β-unsaturated/α-hetero) is 1. The number of carbonyl (C=O) groups excluding carboxylic acids is 1. The quantitative estimate of drug-likeness (QED) is 0.607. The minimum absolute atomic E-state index is 0.135. The van der Waals surface area contributed by atoms with Gasteiger partial charge in [0.15, 0.2) is 5.78 Å². The summed E-state index contributed by atoms with van der Waals surface area (Å²) in [7, 11) is 0. The number of hydrogen-bond donors (Lipinski definition) is 2. The smallest absolute Gasteiger partial charge is 0.171 e. The molecular weight excluding hydrogens is 142 g/mol. The molecule has 1 saturated carbocycles. The van der Waals surface area contributed by atoms with Gasteiger partial charge in [-0.25, -0.2) is 0 Å². The SMILES string of the molecule is Nc1[nH]ncc1C(=O)C1CC1. The van der Waals surface area contributed by atoms with Crippen LogP contribution in [0.5, 0.6) is 0 Å². The summed E-state index contributed by atoms with van der Waals surface area (Å²) < 4.78 is 0. The Labute approximate surface area is 63.8 Å². The van der Waals surface area contributed by atoms with E-state index in [2.05, 4.69) is 10.2 Å². The molecule has 11 heavy (non-hydrogen) atoms. The molecule has 0 unspecified atom stereocenters. The van der Waals surface area contributed by atoms with E-state index in [0.717, 1.165) is 12.8 Å². The highest BCUT2D eigenvalue weighted by Gasteiger charge is 2.31. The van der Waals surface area contributed by atoms with Crippen LogP contribution in [0.2, 0.25) is 0 Å². The van der Waals surface area contributed by atoms with E-state index in [9.17, 15) is 4.79 Å². The summed E-state index contributed by atoms with van der Waals surface area (Å²) in [5, 5.41) is 6.22. The Morgan fingerprint density at radius 1 is 1.73 bits per heavy atom. The Morgan fingerprint density at radius 2 is 2.45 bits per heavy atom. The Hall–Kier alpha value is -1.32. The highest BCUT2D eigenvalue weighted by molar-refractivity contribution is 6.02. The third kappa shape index (κ3) is 1.00. The minimum atomic E-state index is 0.135. The molecule has 0 atom stereocenters. The van der Waals surface area contributed by atoms with Crippen molar-refractivity contribution >= 4 is 11.6 Å². The zero-order valence-corrected chi connectivity index (χ0v) is 6.00. The van der Waals surface area contributed by atoms with Gasteiger partial charge in [-0.05, 0) is 12.8 Å². The molecule has 4 nitrogen and oxygen atoms in total. The van der Waals surface area contributed by atoms with Gasteiger partial charge in [0.2, 0.25) is 0 Å². The van der Waals surface area contributed by atoms with Crippen LogP contribution in [-0.4, -0.2) is 16.0 Å². The van der Waals surface area contributed by atoms with Crippen molar-refractivity contribution < 1.29 is 4.79 Å². The maximum atomic E-state index is 11.3. The summed E-state index contributed by atoms with van der Waals surface area (Å²) in [6.45, 7) is 0. The summed E-state index contributed by atoms with van der Waals surface area (Å²) in [5.41, 5.74) is 6.02. The predicted octanol–water partition coefficient (Wildman–Crippen LogP) is 0.585. The van der Waals surface area contributed by atoms with E-state index in [1.165, 1.54) is 6.20 Å². The summed E-state index contributed by atoms with van der Waals surface area (Å²) >= 11 is 0. The predicted molar refractivity (Wildman–Crippen MR) is 40.1 cm³/mol. The highest BCUT2D eigenvalue weighted by Crippen LogP contribution is 2.33. The first kappa shape index (κ1) is 6.39. The molecule has 0 bridgehead atoms. The van der Waals surface area contributed by atoms with Crippen molar-refractivity contribution in [2.24, 2.45) is 5.92 Å². The molecule has 58 valence electrons. The van der Waals surface area contributed by atoms with Gasteiger partial charge in [0, 0.05) is 5.92 Å². The van der Waals surface area contributed by atoms with Crippen molar-refractivity contribution in [3.8, 4) is 0 Å². The number of nitrogens with two attached hydrogens (primary N) is 1. The van der Waals surface area contributed by atoms with Gasteiger partial charge >= 0.3 is 0 Å². The standard InChI is InChI=1S/C7H9N3O/c8-7-5(3-9-10-7)6(11)4-1-2-4/h3-4H,1-2H2,(H3,8,9,10). The van der Waals surface area contributed by atoms with Crippen LogP contribution in [0.4, 0.5) is 5.82 Å². The van der Waals surface area contributed by atoms with Crippen LogP contribution in [0.25, 0.3) is 0 Å². The monoisotopic (exact) mass is 151 g/mol. The van der Waals surface area contributed by atoms with Crippen LogP contribution in [0.15, 0.2) is 6.20 Å². The number of hydrogen-bond acceptors (Lipinski definition) is 3. The lowest BCUT2D eigenvalue weighted by atomic mass is 10.1. The molecule has 0 aromatic carbocycles. The molecule has 1 aliphatic carbocycles. The van der Waals surface area contributed by atoms with E-state index < -0.39 is 0 Å². The van der Waals surface area contributed by atoms with Crippen molar-refractivity contribution in [2.75, 3.05) is 5.73 Å². The fraction of sp³-hybridized carbons (Fsp3) is 0.429. The molecule has 0 radical (unpaired) electrons. The molecule has 1 heterocycles. The van der Waals surface area contributed by atoms with Gasteiger partial charge in [0.25, 0.3) is 0 Å². The summed E-state index contributed by atoms with van der Waals surface area (Å²) in [6, 6.07) is 0. The number of nitrogen functional groups attached to an aromatic ring is 1. The topological polar surface area (TPSA) is 71.8 Å². The summed E-state index contributed by atoms with van der Waals surface area (Å²) in [5.74, 6) is 0.744. The molecule has 0 saturated heterocycles. The van der Waals surface area contributed by atoms with Crippen molar-refractivity contribution in [3.05, 3.63) is 11.8 Å². The van der Waals surface area contributed by atoms with Crippen molar-refractivity contribution in [2.45, 2.75) is 12.8 Å². The summed E-state index contributed by atoms with van der Waals surface area (Å²) in [6.07, 6.45) is 3.50. The largest absolute Gasteiger partial charge is 0.383 e. The van der Waals surface area contributed by atoms with Crippen LogP contribution in [-0.2, 0) is 0 Å². The zero-order valence-electron chi connectivity index (χ0n) is 6.00. The van der Waals surface area contributed by atoms with Crippen LogP contribution < -0.4 is 5.73 Å². The Bertz CT molecular complexity index is 288. The van der Waals surface area contributed by atoms with Crippen molar-refractivity contribution in [1.82, 2.24) is 10.2 Å². The second-order valence-electron chi connectivity index (χ2n) is 2.84. The molecule has 4 heteroatoms. The molecule has 1 aromatic rings. The molecule has 0 spiro atoms. The number of aromatic nitrogens is 2. The number of ketones is 1. The van der Waals surface area contributed by atoms with Crippen molar-refractivity contribution in [1.29, 1.82) is 0 Å². The first-order valence-corrected chi connectivity index (χ1v) is 3.62. The molecule has 1 aliphatic rings. The van der Waals surface area contributed by atoms with E-state index >= 15 is 0 Å². The Balaban J connectivity index is 2.27. The van der Waals surface area contributed by atoms with Crippen molar-refractivity contribution in [3.63, 3.8) is 0 Å².